The summed E-state index contributed by atoms with van der Waals surface area (Å²) in [6.07, 6.45) is 0. The van der Waals surface area contributed by atoms with Crippen molar-refractivity contribution in [1.82, 2.24) is 9.80 Å². The number of fused-ring (bicyclic) bond motifs is 1. The third kappa shape index (κ3) is 4.31. The molecular weight excluding hydrogens is 448 g/mol. The Morgan fingerprint density at radius 1 is 1.00 bits per heavy atom. The molecule has 168 valence electrons. The molecule has 0 unspecified atom stereocenters. The minimum atomic E-state index is -0.986. The number of benzene rings is 1. The number of ether oxygens (including phenoxy) is 1. The maximum absolute atomic E-state index is 13.7. The quantitative estimate of drug-likeness (QED) is 0.501. The summed E-state index contributed by atoms with van der Waals surface area (Å²) in [5.74, 6) is -1.08. The van der Waals surface area contributed by atoms with Gasteiger partial charge in [-0.15, -0.1) is 11.3 Å². The van der Waals surface area contributed by atoms with E-state index in [1.165, 1.54) is 28.0 Å². The third-order valence-corrected chi connectivity index (χ3v) is 7.30. The van der Waals surface area contributed by atoms with Crippen molar-refractivity contribution in [3.63, 3.8) is 0 Å². The number of nitrogens with zero attached hydrogens (tertiary/aromatic N) is 2. The van der Waals surface area contributed by atoms with Crippen LogP contribution in [0.1, 0.15) is 52.4 Å². The summed E-state index contributed by atoms with van der Waals surface area (Å²) in [4.78, 5) is 55.9. The molecule has 0 bridgehead atoms. The summed E-state index contributed by atoms with van der Waals surface area (Å²) in [6.45, 7) is 5.05. The van der Waals surface area contributed by atoms with Crippen molar-refractivity contribution in [2.75, 3.05) is 18.1 Å². The van der Waals surface area contributed by atoms with Gasteiger partial charge in [0.15, 0.2) is 0 Å². The van der Waals surface area contributed by atoms with Gasteiger partial charge in [0.05, 0.1) is 17.2 Å². The zero-order valence-electron chi connectivity index (χ0n) is 18.1. The van der Waals surface area contributed by atoms with Gasteiger partial charge >= 0.3 is 5.97 Å². The van der Waals surface area contributed by atoms with Crippen LogP contribution in [-0.4, -0.2) is 63.2 Å². The van der Waals surface area contributed by atoms with Gasteiger partial charge in [-0.25, -0.2) is 0 Å². The lowest BCUT2D eigenvalue weighted by Crippen LogP contribution is -2.53. The van der Waals surface area contributed by atoms with E-state index in [2.05, 4.69) is 0 Å². The minimum absolute atomic E-state index is 0.251. The monoisotopic (exact) mass is 472 g/mol. The van der Waals surface area contributed by atoms with Crippen LogP contribution in [0.15, 0.2) is 41.8 Å². The first-order chi connectivity index (χ1) is 15.2. The summed E-state index contributed by atoms with van der Waals surface area (Å²) >= 11 is 3.00. The van der Waals surface area contributed by atoms with Gasteiger partial charge in [-0.3, -0.25) is 24.1 Å². The van der Waals surface area contributed by atoms with Gasteiger partial charge in [0.1, 0.15) is 18.2 Å². The van der Waals surface area contributed by atoms with Gasteiger partial charge < -0.3 is 9.64 Å². The molecule has 0 saturated carbocycles. The number of thiophene rings is 1. The van der Waals surface area contributed by atoms with Crippen LogP contribution in [-0.2, 0) is 14.3 Å². The first kappa shape index (κ1) is 22.5. The molecule has 0 spiro atoms. The molecule has 2 aromatic rings. The van der Waals surface area contributed by atoms with Crippen molar-refractivity contribution < 1.29 is 23.9 Å². The van der Waals surface area contributed by atoms with Crippen molar-refractivity contribution in [2.24, 2.45) is 0 Å². The molecule has 2 aliphatic rings. The minimum Gasteiger partial charge on any atom is -0.459 e. The van der Waals surface area contributed by atoms with Gasteiger partial charge in [0.25, 0.3) is 11.8 Å². The molecule has 32 heavy (non-hydrogen) atoms. The molecule has 2 aliphatic heterocycles. The van der Waals surface area contributed by atoms with E-state index in [9.17, 15) is 19.2 Å². The molecule has 3 amide bonds. The topological polar surface area (TPSA) is 84.0 Å². The van der Waals surface area contributed by atoms with E-state index < -0.39 is 35.3 Å². The highest BCUT2D eigenvalue weighted by molar-refractivity contribution is 7.99. The highest BCUT2D eigenvalue weighted by Gasteiger charge is 2.46. The predicted octanol–water partition coefficient (Wildman–Crippen LogP) is 3.37. The van der Waals surface area contributed by atoms with Crippen molar-refractivity contribution in [1.29, 1.82) is 0 Å². The molecule has 1 fully saturated rings. The standard InChI is InChI=1S/C23H24N2O5S2/c1-23(2,3)30-19(26)11-24-16(18-9-6-10-32-18)12-31-13-17(22(24)29)25-20(27)14-7-4-5-8-15(14)21(25)28/h4-10,16-17H,11-13H2,1-3H3/t16-,17-/m0/s1. The number of carbonyl (C=O) groups is 4. The first-order valence-electron chi connectivity index (χ1n) is 10.3. The highest BCUT2D eigenvalue weighted by Crippen LogP contribution is 2.35. The second-order valence-electron chi connectivity index (χ2n) is 8.66. The Labute approximate surface area is 194 Å². The molecule has 0 N–H and O–H groups in total. The Balaban J connectivity index is 1.66. The second kappa shape index (κ2) is 8.71. The maximum atomic E-state index is 13.7. The summed E-state index contributed by atoms with van der Waals surface area (Å²) in [7, 11) is 0. The molecule has 0 aliphatic carbocycles. The number of amides is 3. The third-order valence-electron chi connectivity index (χ3n) is 5.22. The van der Waals surface area contributed by atoms with Crippen molar-refractivity contribution in [2.45, 2.75) is 38.5 Å². The van der Waals surface area contributed by atoms with Crippen LogP contribution in [0.25, 0.3) is 0 Å². The molecule has 3 heterocycles. The number of rotatable bonds is 4. The molecule has 1 saturated heterocycles. The van der Waals surface area contributed by atoms with Gasteiger partial charge in [-0.2, -0.15) is 11.8 Å². The van der Waals surface area contributed by atoms with Gasteiger partial charge in [0, 0.05) is 16.4 Å². The summed E-state index contributed by atoms with van der Waals surface area (Å²) in [5.41, 5.74) is -0.0951. The van der Waals surface area contributed by atoms with Crippen molar-refractivity contribution in [3.05, 3.63) is 57.8 Å². The summed E-state index contributed by atoms with van der Waals surface area (Å²) in [5, 5.41) is 1.92. The SMILES string of the molecule is CC(C)(C)OC(=O)CN1C(=O)[C@@H](N2C(=O)c3ccccc3C2=O)CSC[C@H]1c1cccs1. The first-order valence-corrected chi connectivity index (χ1v) is 12.3. The average Bonchev–Trinajstić information content (AvgIpc) is 3.30. The van der Waals surface area contributed by atoms with E-state index >= 15 is 0 Å². The zero-order valence-corrected chi connectivity index (χ0v) is 19.7. The summed E-state index contributed by atoms with van der Waals surface area (Å²) < 4.78 is 5.47. The van der Waals surface area contributed by atoms with Crippen LogP contribution in [0.3, 0.4) is 0 Å². The van der Waals surface area contributed by atoms with E-state index in [1.54, 1.807) is 45.0 Å². The lowest BCUT2D eigenvalue weighted by molar-refractivity contribution is -0.160. The number of hydrogen-bond acceptors (Lipinski definition) is 7. The predicted molar refractivity (Wildman–Crippen MR) is 123 cm³/mol. The molecule has 7 nitrogen and oxygen atoms in total. The Morgan fingerprint density at radius 2 is 1.62 bits per heavy atom. The fourth-order valence-corrected chi connectivity index (χ4v) is 6.07. The molecular formula is C23H24N2O5S2. The molecule has 2 atom stereocenters. The van der Waals surface area contributed by atoms with Crippen LogP contribution in [0.2, 0.25) is 0 Å². The number of hydrogen-bond donors (Lipinski definition) is 0. The smallest absolute Gasteiger partial charge is 0.326 e. The van der Waals surface area contributed by atoms with Crippen LogP contribution in [0.4, 0.5) is 0 Å². The van der Waals surface area contributed by atoms with Crippen LogP contribution in [0.5, 0.6) is 0 Å². The van der Waals surface area contributed by atoms with E-state index in [0.717, 1.165) is 9.78 Å². The Kier molecular flexibility index (Phi) is 6.13. The van der Waals surface area contributed by atoms with Crippen LogP contribution < -0.4 is 0 Å². The molecule has 4 rings (SSSR count). The second-order valence-corrected chi connectivity index (χ2v) is 10.7. The van der Waals surface area contributed by atoms with Crippen LogP contribution >= 0.6 is 23.1 Å². The van der Waals surface area contributed by atoms with E-state index in [4.69, 9.17) is 4.74 Å². The molecule has 1 aromatic carbocycles. The van der Waals surface area contributed by atoms with Crippen molar-refractivity contribution in [3.8, 4) is 0 Å². The lowest BCUT2D eigenvalue weighted by Gasteiger charge is -2.33. The number of esters is 1. The molecule has 9 heteroatoms. The number of carbonyl (C=O) groups excluding carboxylic acids is 4. The average molecular weight is 473 g/mol. The molecule has 0 radical (unpaired) electrons. The van der Waals surface area contributed by atoms with Gasteiger partial charge in [-0.1, -0.05) is 18.2 Å². The fourth-order valence-electron chi connectivity index (χ4n) is 3.89. The van der Waals surface area contributed by atoms with Gasteiger partial charge in [0.2, 0.25) is 5.91 Å². The van der Waals surface area contributed by atoms with Gasteiger partial charge in [-0.05, 0) is 44.4 Å². The maximum Gasteiger partial charge on any atom is 0.326 e. The van der Waals surface area contributed by atoms with E-state index in [0.29, 0.717) is 16.9 Å². The van der Waals surface area contributed by atoms with E-state index in [1.807, 2.05) is 17.5 Å². The lowest BCUT2D eigenvalue weighted by atomic mass is 10.1. The van der Waals surface area contributed by atoms with Crippen molar-refractivity contribution >= 4 is 46.8 Å². The zero-order chi connectivity index (χ0) is 23.0. The Morgan fingerprint density at radius 3 is 2.19 bits per heavy atom. The number of thioether (sulfide) groups is 1. The fraction of sp³-hybridized carbons (Fsp3) is 0.391. The number of imide groups is 1. The highest BCUT2D eigenvalue weighted by atomic mass is 32.2. The summed E-state index contributed by atoms with van der Waals surface area (Å²) in [6, 6.07) is 9.06. The normalized spacial score (nSPS) is 21.5. The molecule has 1 aromatic heterocycles. The Hall–Kier alpha value is -2.65. The van der Waals surface area contributed by atoms with Crippen LogP contribution in [0, 0.1) is 0 Å². The van der Waals surface area contributed by atoms with E-state index in [-0.39, 0.29) is 18.3 Å². The Bertz CT molecular complexity index is 1030. The largest absolute Gasteiger partial charge is 0.459 e.